The van der Waals surface area contributed by atoms with E-state index in [0.717, 1.165) is 61.7 Å². The lowest BCUT2D eigenvalue weighted by Gasteiger charge is -2.34. The molecule has 1 aliphatic heterocycles. The normalized spacial score (nSPS) is 14.8. The van der Waals surface area contributed by atoms with E-state index in [4.69, 9.17) is 9.72 Å². The standard InChI is InChI=1S/C22H30N8O/c1-15(2)31-21-6-5-18(13-23-21)14-29-7-9-30(10-8-29)22-24-16(3)11-19(26-22)25-20-12-17(4)27-28-20/h5-6,11-13,15H,7-10,14H2,1-4H3,(H2,24,25,26,27,28). The lowest BCUT2D eigenvalue weighted by molar-refractivity contribution is 0.231. The number of piperazine rings is 1. The van der Waals surface area contributed by atoms with Crippen molar-refractivity contribution in [1.29, 1.82) is 0 Å². The Morgan fingerprint density at radius 2 is 1.87 bits per heavy atom. The van der Waals surface area contributed by atoms with Gasteiger partial charge in [-0.25, -0.2) is 9.97 Å². The zero-order valence-electron chi connectivity index (χ0n) is 18.6. The molecule has 4 rings (SSSR count). The van der Waals surface area contributed by atoms with Gasteiger partial charge in [-0.15, -0.1) is 0 Å². The highest BCUT2D eigenvalue weighted by Crippen LogP contribution is 2.19. The molecule has 0 spiro atoms. The number of hydrogen-bond donors (Lipinski definition) is 2. The van der Waals surface area contributed by atoms with Gasteiger partial charge >= 0.3 is 0 Å². The number of anilines is 3. The van der Waals surface area contributed by atoms with Crippen molar-refractivity contribution >= 4 is 17.6 Å². The van der Waals surface area contributed by atoms with Crippen LogP contribution in [0.1, 0.15) is 30.8 Å². The fourth-order valence-corrected chi connectivity index (χ4v) is 3.55. The predicted octanol–water partition coefficient (Wildman–Crippen LogP) is 3.06. The smallest absolute Gasteiger partial charge is 0.227 e. The van der Waals surface area contributed by atoms with Crippen molar-refractivity contribution in [2.24, 2.45) is 0 Å². The molecule has 0 atom stereocenters. The van der Waals surface area contributed by atoms with Crippen molar-refractivity contribution in [2.75, 3.05) is 36.4 Å². The number of rotatable bonds is 7. The van der Waals surface area contributed by atoms with Crippen LogP contribution >= 0.6 is 0 Å². The number of aryl methyl sites for hydroxylation is 2. The number of ether oxygens (including phenoxy) is 1. The predicted molar refractivity (Wildman–Crippen MR) is 121 cm³/mol. The van der Waals surface area contributed by atoms with Gasteiger partial charge in [0.25, 0.3) is 0 Å². The number of pyridine rings is 1. The monoisotopic (exact) mass is 422 g/mol. The minimum atomic E-state index is 0.134. The zero-order chi connectivity index (χ0) is 21.8. The molecule has 9 nitrogen and oxygen atoms in total. The molecule has 31 heavy (non-hydrogen) atoms. The van der Waals surface area contributed by atoms with Crippen LogP contribution in [0.2, 0.25) is 0 Å². The molecule has 0 bridgehead atoms. The molecule has 0 aromatic carbocycles. The van der Waals surface area contributed by atoms with Crippen LogP contribution < -0.4 is 15.0 Å². The Bertz CT molecular complexity index is 993. The zero-order valence-corrected chi connectivity index (χ0v) is 18.6. The van der Waals surface area contributed by atoms with E-state index < -0.39 is 0 Å². The van der Waals surface area contributed by atoms with Crippen molar-refractivity contribution < 1.29 is 4.74 Å². The summed E-state index contributed by atoms with van der Waals surface area (Å²) in [5.41, 5.74) is 3.12. The summed E-state index contributed by atoms with van der Waals surface area (Å²) in [6.45, 7) is 12.5. The maximum Gasteiger partial charge on any atom is 0.227 e. The first kappa shape index (κ1) is 21.0. The molecular weight excluding hydrogens is 392 g/mol. The van der Waals surface area contributed by atoms with Gasteiger partial charge in [0.15, 0.2) is 5.82 Å². The van der Waals surface area contributed by atoms with Crippen molar-refractivity contribution in [3.63, 3.8) is 0 Å². The molecule has 1 fully saturated rings. The summed E-state index contributed by atoms with van der Waals surface area (Å²) in [6.07, 6.45) is 2.04. The van der Waals surface area contributed by atoms with Gasteiger partial charge in [0.2, 0.25) is 11.8 Å². The van der Waals surface area contributed by atoms with E-state index in [2.05, 4.69) is 41.3 Å². The van der Waals surface area contributed by atoms with E-state index in [1.54, 1.807) is 0 Å². The first-order chi connectivity index (χ1) is 14.9. The highest BCUT2D eigenvalue weighted by molar-refractivity contribution is 5.54. The van der Waals surface area contributed by atoms with Gasteiger partial charge in [0.1, 0.15) is 5.82 Å². The van der Waals surface area contributed by atoms with E-state index >= 15 is 0 Å². The Hall–Kier alpha value is -3.20. The highest BCUT2D eigenvalue weighted by Gasteiger charge is 2.20. The molecule has 2 N–H and O–H groups in total. The number of hydrogen-bond acceptors (Lipinski definition) is 8. The van der Waals surface area contributed by atoms with E-state index in [1.807, 2.05) is 52.1 Å². The average molecular weight is 423 g/mol. The summed E-state index contributed by atoms with van der Waals surface area (Å²) in [5, 5.41) is 10.4. The molecule has 0 radical (unpaired) electrons. The van der Waals surface area contributed by atoms with Gasteiger partial charge < -0.3 is 15.0 Å². The molecule has 0 saturated carbocycles. The second-order valence-corrected chi connectivity index (χ2v) is 8.19. The van der Waals surface area contributed by atoms with E-state index in [0.29, 0.717) is 5.88 Å². The van der Waals surface area contributed by atoms with Crippen LogP contribution in [0.3, 0.4) is 0 Å². The topological polar surface area (TPSA) is 95.1 Å². The summed E-state index contributed by atoms with van der Waals surface area (Å²) < 4.78 is 5.62. The molecule has 0 unspecified atom stereocenters. The molecule has 164 valence electrons. The van der Waals surface area contributed by atoms with Gasteiger partial charge in [0.05, 0.1) is 6.10 Å². The quantitative estimate of drug-likeness (QED) is 0.600. The summed E-state index contributed by atoms with van der Waals surface area (Å²) in [7, 11) is 0. The van der Waals surface area contributed by atoms with Crippen LogP contribution in [0.4, 0.5) is 17.6 Å². The lowest BCUT2D eigenvalue weighted by atomic mass is 10.2. The molecule has 0 aliphatic carbocycles. The van der Waals surface area contributed by atoms with E-state index in [-0.39, 0.29) is 6.10 Å². The van der Waals surface area contributed by atoms with Crippen LogP contribution in [-0.2, 0) is 6.54 Å². The van der Waals surface area contributed by atoms with Gasteiger partial charge in [0, 0.05) is 68.5 Å². The highest BCUT2D eigenvalue weighted by atomic mass is 16.5. The summed E-state index contributed by atoms with van der Waals surface area (Å²) in [6, 6.07) is 7.92. The van der Waals surface area contributed by atoms with Crippen molar-refractivity contribution in [3.8, 4) is 5.88 Å². The minimum Gasteiger partial charge on any atom is -0.475 e. The maximum absolute atomic E-state index is 5.62. The van der Waals surface area contributed by atoms with Crippen molar-refractivity contribution in [3.05, 3.63) is 47.4 Å². The van der Waals surface area contributed by atoms with E-state index in [9.17, 15) is 0 Å². The summed E-state index contributed by atoms with van der Waals surface area (Å²) in [5.74, 6) is 2.94. The third kappa shape index (κ3) is 5.69. The first-order valence-electron chi connectivity index (χ1n) is 10.7. The molecule has 1 saturated heterocycles. The fourth-order valence-electron chi connectivity index (χ4n) is 3.55. The number of aromatic nitrogens is 5. The first-order valence-corrected chi connectivity index (χ1v) is 10.7. The van der Waals surface area contributed by atoms with Crippen molar-refractivity contribution in [2.45, 2.75) is 40.3 Å². The van der Waals surface area contributed by atoms with E-state index in [1.165, 1.54) is 5.56 Å². The number of H-pyrrole nitrogens is 1. The molecule has 3 aromatic rings. The molecular formula is C22H30N8O. The van der Waals surface area contributed by atoms with Gasteiger partial charge in [-0.1, -0.05) is 6.07 Å². The summed E-state index contributed by atoms with van der Waals surface area (Å²) in [4.78, 5) is 18.4. The molecule has 0 amide bonds. The Morgan fingerprint density at radius 3 is 2.52 bits per heavy atom. The van der Waals surface area contributed by atoms with Gasteiger partial charge in [-0.2, -0.15) is 10.1 Å². The third-order valence-electron chi connectivity index (χ3n) is 5.02. The van der Waals surface area contributed by atoms with Crippen LogP contribution in [0, 0.1) is 13.8 Å². The molecule has 9 heteroatoms. The Labute approximate surface area is 182 Å². The largest absolute Gasteiger partial charge is 0.475 e. The maximum atomic E-state index is 5.62. The second kappa shape index (κ2) is 9.30. The second-order valence-electron chi connectivity index (χ2n) is 8.19. The fraction of sp³-hybridized carbons (Fsp3) is 0.455. The minimum absolute atomic E-state index is 0.134. The Kier molecular flexibility index (Phi) is 6.31. The van der Waals surface area contributed by atoms with Gasteiger partial charge in [-0.05, 0) is 33.3 Å². The van der Waals surface area contributed by atoms with Crippen LogP contribution in [-0.4, -0.2) is 62.3 Å². The Morgan fingerprint density at radius 1 is 1.06 bits per heavy atom. The van der Waals surface area contributed by atoms with Crippen LogP contribution in [0.25, 0.3) is 0 Å². The molecule has 1 aliphatic rings. The summed E-state index contributed by atoms with van der Waals surface area (Å²) >= 11 is 0. The third-order valence-corrected chi connectivity index (χ3v) is 5.02. The van der Waals surface area contributed by atoms with Crippen molar-refractivity contribution in [1.82, 2.24) is 30.0 Å². The number of nitrogens with one attached hydrogen (secondary N) is 2. The Balaban J connectivity index is 1.34. The SMILES string of the molecule is Cc1cc(Nc2cc(C)[nH]n2)nc(N2CCN(Cc3ccc(OC(C)C)nc3)CC2)n1. The average Bonchev–Trinajstić information content (AvgIpc) is 3.14. The van der Waals surface area contributed by atoms with Crippen LogP contribution in [0.15, 0.2) is 30.5 Å². The lowest BCUT2D eigenvalue weighted by Crippen LogP contribution is -2.46. The number of nitrogens with zero attached hydrogens (tertiary/aromatic N) is 6. The number of aromatic amines is 1. The molecule has 3 aromatic heterocycles. The van der Waals surface area contributed by atoms with Gasteiger partial charge in [-0.3, -0.25) is 10.00 Å². The van der Waals surface area contributed by atoms with Crippen LogP contribution in [0.5, 0.6) is 5.88 Å². The molecule has 4 heterocycles.